The van der Waals surface area contributed by atoms with Crippen molar-refractivity contribution in [2.24, 2.45) is 0 Å². The fourth-order valence-electron chi connectivity index (χ4n) is 4.74. The molecule has 1 amide bonds. The number of carbonyl (C=O) groups excluding carboxylic acids is 1. The van der Waals surface area contributed by atoms with Gasteiger partial charge in [-0.1, -0.05) is 19.1 Å². The van der Waals surface area contributed by atoms with Crippen LogP contribution in [0, 0.1) is 0 Å². The van der Waals surface area contributed by atoms with E-state index in [-0.39, 0.29) is 18.0 Å². The molecule has 0 radical (unpaired) electrons. The minimum Gasteiger partial charge on any atom is -0.497 e. The van der Waals surface area contributed by atoms with Gasteiger partial charge in [-0.15, -0.1) is 0 Å². The van der Waals surface area contributed by atoms with Crippen LogP contribution in [0.15, 0.2) is 85.2 Å². The summed E-state index contributed by atoms with van der Waals surface area (Å²) in [6, 6.07) is 23.1. The van der Waals surface area contributed by atoms with Gasteiger partial charge in [0.15, 0.2) is 5.11 Å². The molecule has 0 bridgehead atoms. The van der Waals surface area contributed by atoms with E-state index in [9.17, 15) is 4.79 Å². The number of carbonyl (C=O) groups is 1. The standard InChI is InChI=1S/C29H29N5O3S/c1-4-26(35)31-22-14-13-20(18-25(22)37-3)34-28(27(32-29(34)38)23-11-5-6-15-30-23)24-12-8-16-33(24)19-9-7-10-21(17-19)36-2/h5-18,27-28H,4H2,1-3H3,(H,31,35)(H,32,38)/t27-,28+/m1/s1. The molecule has 9 heteroatoms. The second kappa shape index (κ2) is 10.9. The highest BCUT2D eigenvalue weighted by Gasteiger charge is 2.42. The highest BCUT2D eigenvalue weighted by atomic mass is 32.1. The molecule has 1 aliphatic rings. The topological polar surface area (TPSA) is 80.7 Å². The van der Waals surface area contributed by atoms with Crippen LogP contribution in [0.2, 0.25) is 0 Å². The van der Waals surface area contributed by atoms with Gasteiger partial charge in [0.2, 0.25) is 5.91 Å². The van der Waals surface area contributed by atoms with Crippen LogP contribution in [0.3, 0.4) is 0 Å². The summed E-state index contributed by atoms with van der Waals surface area (Å²) < 4.78 is 13.3. The first-order valence-electron chi connectivity index (χ1n) is 12.3. The normalized spacial score (nSPS) is 16.7. The van der Waals surface area contributed by atoms with Crippen molar-refractivity contribution in [2.45, 2.75) is 25.4 Å². The quantitative estimate of drug-likeness (QED) is 0.296. The maximum absolute atomic E-state index is 12.0. The summed E-state index contributed by atoms with van der Waals surface area (Å²) >= 11 is 5.90. The summed E-state index contributed by atoms with van der Waals surface area (Å²) in [4.78, 5) is 18.8. The number of anilines is 2. The number of thiocarbonyl (C=S) groups is 1. The number of aromatic nitrogens is 2. The molecular formula is C29H29N5O3S. The van der Waals surface area contributed by atoms with E-state index < -0.39 is 0 Å². The lowest BCUT2D eigenvalue weighted by Crippen LogP contribution is -2.30. The molecule has 2 aromatic carbocycles. The van der Waals surface area contributed by atoms with Crippen LogP contribution in [0.25, 0.3) is 5.69 Å². The van der Waals surface area contributed by atoms with Gasteiger partial charge in [-0.25, -0.2) is 0 Å². The number of hydrogen-bond acceptors (Lipinski definition) is 5. The number of nitrogens with one attached hydrogen (secondary N) is 2. The third kappa shape index (κ3) is 4.80. The van der Waals surface area contributed by atoms with Crippen molar-refractivity contribution < 1.29 is 14.3 Å². The monoisotopic (exact) mass is 527 g/mol. The Labute approximate surface area is 227 Å². The summed E-state index contributed by atoms with van der Waals surface area (Å²) in [6.45, 7) is 1.81. The average molecular weight is 528 g/mol. The maximum atomic E-state index is 12.0. The number of nitrogens with zero attached hydrogens (tertiary/aromatic N) is 3. The molecule has 0 aliphatic carbocycles. The molecule has 0 saturated carbocycles. The van der Waals surface area contributed by atoms with Crippen molar-refractivity contribution in [1.29, 1.82) is 0 Å². The van der Waals surface area contributed by atoms with Gasteiger partial charge in [-0.2, -0.15) is 0 Å². The van der Waals surface area contributed by atoms with E-state index in [2.05, 4.69) is 31.2 Å². The summed E-state index contributed by atoms with van der Waals surface area (Å²) in [5.74, 6) is 1.24. The van der Waals surface area contributed by atoms with Crippen LogP contribution < -0.4 is 25.0 Å². The van der Waals surface area contributed by atoms with Gasteiger partial charge in [0.1, 0.15) is 17.5 Å². The highest BCUT2D eigenvalue weighted by molar-refractivity contribution is 7.80. The fraction of sp³-hybridized carbons (Fsp3) is 0.207. The van der Waals surface area contributed by atoms with Gasteiger partial charge in [0.05, 0.1) is 31.6 Å². The second-order valence-corrected chi connectivity index (χ2v) is 9.17. The minimum atomic E-state index is -0.237. The van der Waals surface area contributed by atoms with Gasteiger partial charge in [0.25, 0.3) is 0 Å². The van der Waals surface area contributed by atoms with E-state index in [1.807, 2.05) is 79.9 Å². The minimum absolute atomic E-state index is 0.0846. The zero-order valence-electron chi connectivity index (χ0n) is 21.4. The Hall–Kier alpha value is -4.37. The van der Waals surface area contributed by atoms with Gasteiger partial charge in [-0.05, 0) is 60.7 Å². The van der Waals surface area contributed by atoms with Crippen molar-refractivity contribution in [3.8, 4) is 17.2 Å². The molecule has 5 rings (SSSR count). The number of benzene rings is 2. The summed E-state index contributed by atoms with van der Waals surface area (Å²) in [5.41, 5.74) is 4.30. The van der Waals surface area contributed by atoms with Crippen LogP contribution in [0.4, 0.5) is 11.4 Å². The first-order chi connectivity index (χ1) is 18.5. The molecule has 2 N–H and O–H groups in total. The third-order valence-corrected chi connectivity index (χ3v) is 6.89. The fourth-order valence-corrected chi connectivity index (χ4v) is 5.08. The van der Waals surface area contributed by atoms with Crippen molar-refractivity contribution in [2.75, 3.05) is 24.4 Å². The molecule has 1 fully saturated rings. The predicted octanol–water partition coefficient (Wildman–Crippen LogP) is 5.42. The Morgan fingerprint density at radius 2 is 1.89 bits per heavy atom. The van der Waals surface area contributed by atoms with Gasteiger partial charge < -0.3 is 29.6 Å². The lowest BCUT2D eigenvalue weighted by atomic mass is 10.0. The summed E-state index contributed by atoms with van der Waals surface area (Å²) in [6.07, 6.45) is 4.19. The molecule has 3 heterocycles. The summed E-state index contributed by atoms with van der Waals surface area (Å²) in [7, 11) is 3.25. The number of ether oxygens (including phenoxy) is 2. The maximum Gasteiger partial charge on any atom is 0.224 e. The van der Waals surface area contributed by atoms with E-state index in [4.69, 9.17) is 21.7 Å². The Balaban J connectivity index is 1.63. The number of rotatable bonds is 8. The summed E-state index contributed by atoms with van der Waals surface area (Å²) in [5, 5.41) is 6.96. The lowest BCUT2D eigenvalue weighted by Gasteiger charge is -2.29. The smallest absolute Gasteiger partial charge is 0.224 e. The molecule has 0 spiro atoms. The second-order valence-electron chi connectivity index (χ2n) is 8.79. The zero-order valence-corrected chi connectivity index (χ0v) is 22.2. The van der Waals surface area contributed by atoms with E-state index in [0.717, 1.165) is 28.5 Å². The highest BCUT2D eigenvalue weighted by Crippen LogP contribution is 2.44. The molecule has 2 atom stereocenters. The Kier molecular flexibility index (Phi) is 7.28. The molecule has 4 aromatic rings. The van der Waals surface area contributed by atoms with Crippen molar-refractivity contribution in [3.63, 3.8) is 0 Å². The predicted molar refractivity (Wildman–Crippen MR) is 152 cm³/mol. The number of methoxy groups -OCH3 is 2. The molecule has 0 unspecified atom stereocenters. The Morgan fingerprint density at radius 1 is 1.03 bits per heavy atom. The first kappa shape index (κ1) is 25.3. The van der Waals surface area contributed by atoms with Crippen molar-refractivity contribution in [1.82, 2.24) is 14.9 Å². The molecule has 2 aromatic heterocycles. The molecule has 8 nitrogen and oxygen atoms in total. The van der Waals surface area contributed by atoms with Gasteiger partial charge >= 0.3 is 0 Å². The number of hydrogen-bond donors (Lipinski definition) is 2. The van der Waals surface area contributed by atoms with Gasteiger partial charge in [0, 0.05) is 48.0 Å². The van der Waals surface area contributed by atoms with Crippen LogP contribution >= 0.6 is 12.2 Å². The van der Waals surface area contributed by atoms with E-state index in [0.29, 0.717) is 23.0 Å². The molecule has 194 valence electrons. The van der Waals surface area contributed by atoms with Crippen LogP contribution in [0.5, 0.6) is 11.5 Å². The first-order valence-corrected chi connectivity index (χ1v) is 12.7. The Bertz CT molecular complexity index is 1460. The molecule has 38 heavy (non-hydrogen) atoms. The number of pyridine rings is 1. The third-order valence-electron chi connectivity index (χ3n) is 6.57. The van der Waals surface area contributed by atoms with Crippen molar-refractivity contribution >= 4 is 34.6 Å². The zero-order chi connectivity index (χ0) is 26.6. The van der Waals surface area contributed by atoms with E-state index in [1.165, 1.54) is 0 Å². The van der Waals surface area contributed by atoms with Crippen LogP contribution in [-0.4, -0.2) is 34.8 Å². The average Bonchev–Trinajstić information content (AvgIpc) is 3.58. The number of amides is 1. The Morgan fingerprint density at radius 3 is 2.63 bits per heavy atom. The van der Waals surface area contributed by atoms with E-state index >= 15 is 0 Å². The molecule has 1 saturated heterocycles. The molecular weight excluding hydrogens is 498 g/mol. The largest absolute Gasteiger partial charge is 0.497 e. The van der Waals surface area contributed by atoms with E-state index in [1.54, 1.807) is 20.4 Å². The van der Waals surface area contributed by atoms with Gasteiger partial charge in [-0.3, -0.25) is 9.78 Å². The van der Waals surface area contributed by atoms with Crippen LogP contribution in [0.1, 0.15) is 36.8 Å². The SMILES string of the molecule is CCC(=O)Nc1ccc(N2C(=S)N[C@H](c3ccccn3)[C@@H]2c2cccn2-c2cccc(OC)c2)cc1OC. The lowest BCUT2D eigenvalue weighted by molar-refractivity contribution is -0.115. The van der Waals surface area contributed by atoms with Crippen molar-refractivity contribution in [3.05, 3.63) is 96.6 Å². The molecule has 1 aliphatic heterocycles. The van der Waals surface area contributed by atoms with Crippen LogP contribution in [-0.2, 0) is 4.79 Å².